The molecule has 1 aromatic carbocycles. The number of nitrogens with zero attached hydrogens (tertiary/aromatic N) is 5. The molecule has 0 radical (unpaired) electrons. The highest BCUT2D eigenvalue weighted by Crippen LogP contribution is 2.38. The van der Waals surface area contributed by atoms with Crippen LogP contribution in [0.15, 0.2) is 43.0 Å². The molecule has 2 aromatic heterocycles. The van der Waals surface area contributed by atoms with Crippen LogP contribution in [0.25, 0.3) is 11.2 Å². The topological polar surface area (TPSA) is 152 Å². The Bertz CT molecular complexity index is 1130. The average Bonchev–Trinajstić information content (AvgIpc) is 3.36. The van der Waals surface area contributed by atoms with Crippen molar-refractivity contribution in [1.29, 1.82) is 0 Å². The van der Waals surface area contributed by atoms with Crippen molar-refractivity contribution >= 4 is 28.5 Å². The Morgan fingerprint density at radius 2 is 2.06 bits per heavy atom. The summed E-state index contributed by atoms with van der Waals surface area (Å²) >= 11 is 0. The van der Waals surface area contributed by atoms with Crippen molar-refractivity contribution < 1.29 is 24.1 Å². The highest BCUT2D eigenvalue weighted by Gasteiger charge is 2.60. The zero-order valence-corrected chi connectivity index (χ0v) is 18.2. The maximum absolute atomic E-state index is 13.9. The molecule has 0 bridgehead atoms. The fourth-order valence-electron chi connectivity index (χ4n) is 4.06. The van der Waals surface area contributed by atoms with Crippen LogP contribution in [0.3, 0.4) is 0 Å². The number of Topliss-reactive ketones (excluding diaryl/α,β-unsaturated/α-hetero) is 1. The van der Waals surface area contributed by atoms with Crippen LogP contribution in [0, 0.1) is 0 Å². The number of anilines is 2. The van der Waals surface area contributed by atoms with Gasteiger partial charge in [-0.25, -0.2) is 19.3 Å². The van der Waals surface area contributed by atoms with Crippen molar-refractivity contribution in [1.82, 2.24) is 19.5 Å². The Hall–Kier alpha value is -3.19. The Morgan fingerprint density at radius 1 is 1.33 bits per heavy atom. The SMILES string of the molecule is CN(C)c1ncnc2c1ncn2[C@@H]1O[C@H](CO)C(N)(C(=O)C(CF)Nc2ccccc2)[C@H]1O. The van der Waals surface area contributed by atoms with Crippen LogP contribution < -0.4 is 16.0 Å². The summed E-state index contributed by atoms with van der Waals surface area (Å²) in [4.78, 5) is 27.9. The van der Waals surface area contributed by atoms with Gasteiger partial charge in [-0.2, -0.15) is 0 Å². The number of carbonyl (C=O) groups is 1. The van der Waals surface area contributed by atoms with Crippen LogP contribution in [0.1, 0.15) is 6.23 Å². The molecule has 3 heterocycles. The average molecular weight is 459 g/mol. The van der Waals surface area contributed by atoms with Gasteiger partial charge < -0.3 is 30.9 Å². The summed E-state index contributed by atoms with van der Waals surface area (Å²) in [6.45, 7) is -1.74. The molecule has 0 saturated carbocycles. The van der Waals surface area contributed by atoms with E-state index < -0.39 is 49.1 Å². The van der Waals surface area contributed by atoms with Crippen molar-refractivity contribution in [3.05, 3.63) is 43.0 Å². The molecule has 1 fully saturated rings. The van der Waals surface area contributed by atoms with E-state index in [2.05, 4.69) is 20.3 Å². The molecule has 0 spiro atoms. The molecule has 5 atom stereocenters. The number of benzene rings is 1. The molecule has 11 nitrogen and oxygen atoms in total. The molecule has 176 valence electrons. The van der Waals surface area contributed by atoms with Crippen molar-refractivity contribution in [3.8, 4) is 0 Å². The number of fused-ring (bicyclic) bond motifs is 1. The second-order valence-electron chi connectivity index (χ2n) is 8.07. The van der Waals surface area contributed by atoms with Crippen molar-refractivity contribution in [2.75, 3.05) is 37.6 Å². The molecular weight excluding hydrogens is 433 g/mol. The molecule has 0 aliphatic carbocycles. The Morgan fingerprint density at radius 3 is 2.70 bits per heavy atom. The molecule has 5 N–H and O–H groups in total. The number of ketones is 1. The first-order chi connectivity index (χ1) is 15.8. The van der Waals surface area contributed by atoms with Crippen molar-refractivity contribution in [2.24, 2.45) is 5.73 Å². The molecule has 12 heteroatoms. The number of rotatable bonds is 8. The molecule has 3 aromatic rings. The maximum atomic E-state index is 13.9. The number of imidazole rings is 1. The van der Waals surface area contributed by atoms with Crippen molar-refractivity contribution in [3.63, 3.8) is 0 Å². The molecular formula is C21H26FN7O4. The summed E-state index contributed by atoms with van der Waals surface area (Å²) in [5, 5.41) is 23.9. The second-order valence-corrected chi connectivity index (χ2v) is 8.07. The quantitative estimate of drug-likeness (QED) is 0.358. The number of nitrogens with two attached hydrogens (primary N) is 1. The highest BCUT2D eigenvalue weighted by atomic mass is 19.1. The Balaban J connectivity index is 1.68. The minimum Gasteiger partial charge on any atom is -0.394 e. The smallest absolute Gasteiger partial charge is 0.183 e. The van der Waals surface area contributed by atoms with Gasteiger partial charge >= 0.3 is 0 Å². The summed E-state index contributed by atoms with van der Waals surface area (Å²) < 4.78 is 21.1. The molecule has 1 saturated heterocycles. The van der Waals surface area contributed by atoms with Crippen LogP contribution in [0.2, 0.25) is 0 Å². The van der Waals surface area contributed by atoms with Crippen LogP contribution in [-0.2, 0) is 9.53 Å². The van der Waals surface area contributed by atoms with E-state index in [4.69, 9.17) is 10.5 Å². The minimum atomic E-state index is -2.09. The summed E-state index contributed by atoms with van der Waals surface area (Å²) in [6, 6.07) is 7.23. The van der Waals surface area contributed by atoms with Crippen LogP contribution >= 0.6 is 0 Å². The first kappa shape index (κ1) is 23.0. The van der Waals surface area contributed by atoms with E-state index in [-0.39, 0.29) is 0 Å². The predicted octanol–water partition coefficient (Wildman–Crippen LogP) is -0.140. The van der Waals surface area contributed by atoms with Crippen molar-refractivity contribution in [2.45, 2.75) is 30.0 Å². The van der Waals surface area contributed by atoms with Gasteiger partial charge in [0.15, 0.2) is 29.0 Å². The van der Waals surface area contributed by atoms with Gasteiger partial charge in [-0.3, -0.25) is 9.36 Å². The number of carbonyl (C=O) groups excluding carboxylic acids is 1. The summed E-state index contributed by atoms with van der Waals surface area (Å²) in [7, 11) is 3.59. The third-order valence-corrected chi connectivity index (χ3v) is 5.81. The number of ether oxygens (including phenoxy) is 1. The molecule has 0 amide bonds. The number of aromatic nitrogens is 4. The first-order valence-corrected chi connectivity index (χ1v) is 10.3. The normalized spacial score (nSPS) is 25.8. The standard InChI is InChI=1S/C21H26FN7O4/c1-28(2)18-15-19(25-10-24-18)29(11-26-15)20-17(32)21(23,14(9-30)33-20)16(31)13(8-22)27-12-6-4-3-5-7-12/h3-7,10-11,13-14,17,20,27,30,32H,8-9,23H2,1-2H3/t13?,14-,17+,20-,21?/m1/s1. The number of aliphatic hydroxyl groups excluding tert-OH is 2. The third-order valence-electron chi connectivity index (χ3n) is 5.81. The summed E-state index contributed by atoms with van der Waals surface area (Å²) in [5.74, 6) is -0.277. The van der Waals surface area contributed by atoms with E-state index in [0.29, 0.717) is 22.7 Å². The molecule has 33 heavy (non-hydrogen) atoms. The number of nitrogens with one attached hydrogen (secondary N) is 1. The molecule has 1 aliphatic rings. The lowest BCUT2D eigenvalue weighted by Gasteiger charge is -2.33. The van der Waals surface area contributed by atoms with E-state index in [1.807, 2.05) is 0 Å². The zero-order valence-electron chi connectivity index (χ0n) is 18.2. The van der Waals surface area contributed by atoms with Crippen LogP contribution in [0.5, 0.6) is 0 Å². The van der Waals surface area contributed by atoms with E-state index in [1.165, 1.54) is 17.2 Å². The summed E-state index contributed by atoms with van der Waals surface area (Å²) in [6.07, 6.45) is -1.37. The van der Waals surface area contributed by atoms with Gasteiger partial charge in [0.1, 0.15) is 36.8 Å². The van der Waals surface area contributed by atoms with Crippen LogP contribution in [-0.4, -0.2) is 86.7 Å². The lowest BCUT2D eigenvalue weighted by Crippen LogP contribution is -2.66. The lowest BCUT2D eigenvalue weighted by atomic mass is 9.81. The van der Waals surface area contributed by atoms with E-state index in [1.54, 1.807) is 49.3 Å². The van der Waals surface area contributed by atoms with Gasteiger partial charge in [0.25, 0.3) is 0 Å². The predicted molar refractivity (Wildman–Crippen MR) is 118 cm³/mol. The Labute approximate surface area is 189 Å². The molecule has 1 aliphatic heterocycles. The van der Waals surface area contributed by atoms with Gasteiger partial charge in [0, 0.05) is 19.8 Å². The highest BCUT2D eigenvalue weighted by molar-refractivity contribution is 5.96. The number of alkyl halides is 1. The number of hydrogen-bond acceptors (Lipinski definition) is 10. The number of halogens is 1. The largest absolute Gasteiger partial charge is 0.394 e. The maximum Gasteiger partial charge on any atom is 0.183 e. The van der Waals surface area contributed by atoms with Gasteiger partial charge in [-0.1, -0.05) is 18.2 Å². The third kappa shape index (κ3) is 3.80. The van der Waals surface area contributed by atoms with Gasteiger partial charge in [-0.05, 0) is 12.1 Å². The van der Waals surface area contributed by atoms with Gasteiger partial charge in [-0.15, -0.1) is 0 Å². The van der Waals surface area contributed by atoms with Crippen LogP contribution in [0.4, 0.5) is 15.9 Å². The number of aliphatic hydroxyl groups is 2. The molecule has 4 rings (SSSR count). The molecule has 2 unspecified atom stereocenters. The number of para-hydroxylation sites is 1. The lowest BCUT2D eigenvalue weighted by molar-refractivity contribution is -0.130. The van der Waals surface area contributed by atoms with Gasteiger partial charge in [0.05, 0.1) is 12.9 Å². The van der Waals surface area contributed by atoms with Gasteiger partial charge in [0.2, 0.25) is 0 Å². The monoisotopic (exact) mass is 459 g/mol. The van der Waals surface area contributed by atoms with E-state index in [9.17, 15) is 19.4 Å². The zero-order chi connectivity index (χ0) is 23.8. The number of hydrogen-bond donors (Lipinski definition) is 4. The first-order valence-electron chi connectivity index (χ1n) is 10.3. The van der Waals surface area contributed by atoms with E-state index in [0.717, 1.165) is 0 Å². The fourth-order valence-corrected chi connectivity index (χ4v) is 4.06. The van der Waals surface area contributed by atoms with E-state index >= 15 is 0 Å². The second kappa shape index (κ2) is 8.98. The minimum absolute atomic E-state index is 0.343. The fraction of sp³-hybridized carbons (Fsp3) is 0.429. The Kier molecular flexibility index (Phi) is 6.26. The summed E-state index contributed by atoms with van der Waals surface area (Å²) in [5.41, 5.74) is 5.60.